The van der Waals surface area contributed by atoms with E-state index >= 15 is 0 Å². The predicted molar refractivity (Wildman–Crippen MR) is 68.7 cm³/mol. The third kappa shape index (κ3) is 2.31. The van der Waals surface area contributed by atoms with Gasteiger partial charge in [-0.1, -0.05) is 6.07 Å². The summed E-state index contributed by atoms with van der Waals surface area (Å²) in [5, 5.41) is 7.45. The fraction of sp³-hybridized carbons (Fsp3) is 0.273. The fourth-order valence-electron chi connectivity index (χ4n) is 1.53. The predicted octanol–water partition coefficient (Wildman–Crippen LogP) is 1.06. The van der Waals surface area contributed by atoms with Gasteiger partial charge in [0.2, 0.25) is 0 Å². The molecule has 0 aliphatic carbocycles. The number of hydrogen-bond donors (Lipinski definition) is 2. The molecule has 2 heterocycles. The lowest BCUT2D eigenvalue weighted by atomic mass is 10.3. The molecule has 2 aromatic heterocycles. The highest BCUT2D eigenvalue weighted by molar-refractivity contribution is 7.09. The van der Waals surface area contributed by atoms with E-state index in [2.05, 4.69) is 10.4 Å². The highest BCUT2D eigenvalue weighted by Crippen LogP contribution is 2.11. The minimum absolute atomic E-state index is 0.223. The van der Waals surface area contributed by atoms with Crippen molar-refractivity contribution in [3.05, 3.63) is 48.7 Å². The van der Waals surface area contributed by atoms with Gasteiger partial charge in [-0.05, 0) is 18.4 Å². The smallest absolute Gasteiger partial charge is 0.288 e. The molecule has 5 nitrogen and oxygen atoms in total. The zero-order valence-corrected chi connectivity index (χ0v) is 10.4. The molecular formula is C11H13N3O2S. The number of aromatic nitrogens is 2. The van der Waals surface area contributed by atoms with Crippen LogP contribution in [0.2, 0.25) is 0 Å². The number of aryl methyl sites for hydroxylation is 1. The SMILES string of the molecule is Cc1c(NCc2cccs2)c(=O)n(C)[nH]c1=O. The maximum atomic E-state index is 11.8. The zero-order valence-electron chi connectivity index (χ0n) is 9.61. The van der Waals surface area contributed by atoms with Gasteiger partial charge in [0.25, 0.3) is 11.1 Å². The molecule has 2 N–H and O–H groups in total. The van der Waals surface area contributed by atoms with Gasteiger partial charge in [-0.3, -0.25) is 19.4 Å². The maximum absolute atomic E-state index is 11.8. The topological polar surface area (TPSA) is 66.9 Å². The molecule has 6 heteroatoms. The van der Waals surface area contributed by atoms with Gasteiger partial charge in [0, 0.05) is 24.0 Å². The lowest BCUT2D eigenvalue weighted by molar-refractivity contribution is 0.688. The van der Waals surface area contributed by atoms with Crippen molar-refractivity contribution >= 4 is 17.0 Å². The van der Waals surface area contributed by atoms with Crippen LogP contribution in [0.5, 0.6) is 0 Å². The van der Waals surface area contributed by atoms with Gasteiger partial charge in [0.1, 0.15) is 5.69 Å². The molecule has 0 amide bonds. The second kappa shape index (κ2) is 4.58. The lowest BCUT2D eigenvalue weighted by Gasteiger charge is -2.08. The Hall–Kier alpha value is -1.82. The highest BCUT2D eigenvalue weighted by Gasteiger charge is 2.09. The summed E-state index contributed by atoms with van der Waals surface area (Å²) < 4.78 is 1.19. The van der Waals surface area contributed by atoms with Gasteiger partial charge in [0.05, 0.1) is 0 Å². The van der Waals surface area contributed by atoms with Crippen LogP contribution in [0.1, 0.15) is 10.4 Å². The van der Waals surface area contributed by atoms with Crippen LogP contribution >= 0.6 is 11.3 Å². The molecular weight excluding hydrogens is 238 g/mol. The normalized spacial score (nSPS) is 10.5. The summed E-state index contributed by atoms with van der Waals surface area (Å²) in [7, 11) is 1.53. The van der Waals surface area contributed by atoms with Crippen molar-refractivity contribution in [2.24, 2.45) is 7.05 Å². The van der Waals surface area contributed by atoms with Crippen molar-refractivity contribution in [1.82, 2.24) is 9.78 Å². The second-order valence-electron chi connectivity index (χ2n) is 3.74. The van der Waals surface area contributed by atoms with Crippen LogP contribution < -0.4 is 16.4 Å². The Morgan fingerprint density at radius 1 is 1.47 bits per heavy atom. The van der Waals surface area contributed by atoms with Crippen LogP contribution in [-0.4, -0.2) is 9.78 Å². The Balaban J connectivity index is 2.33. The third-order valence-electron chi connectivity index (χ3n) is 2.52. The monoisotopic (exact) mass is 251 g/mol. The summed E-state index contributed by atoms with van der Waals surface area (Å²) in [6, 6.07) is 3.93. The van der Waals surface area contributed by atoms with Gasteiger partial charge in [-0.25, -0.2) is 0 Å². The summed E-state index contributed by atoms with van der Waals surface area (Å²) in [6.45, 7) is 2.19. The first-order valence-corrected chi connectivity index (χ1v) is 6.03. The average Bonchev–Trinajstić information content (AvgIpc) is 2.79. The van der Waals surface area contributed by atoms with E-state index in [-0.39, 0.29) is 11.1 Å². The first kappa shape index (κ1) is 11.7. The van der Waals surface area contributed by atoms with E-state index in [1.54, 1.807) is 18.3 Å². The Morgan fingerprint density at radius 3 is 2.88 bits per heavy atom. The molecule has 17 heavy (non-hydrogen) atoms. The third-order valence-corrected chi connectivity index (χ3v) is 3.40. The number of hydrogen-bond acceptors (Lipinski definition) is 4. The van der Waals surface area contributed by atoms with E-state index in [0.29, 0.717) is 17.8 Å². The zero-order chi connectivity index (χ0) is 12.4. The Kier molecular flexibility index (Phi) is 3.14. The quantitative estimate of drug-likeness (QED) is 0.857. The van der Waals surface area contributed by atoms with E-state index in [4.69, 9.17) is 0 Å². The molecule has 0 bridgehead atoms. The standard InChI is InChI=1S/C11H13N3O2S/c1-7-9(11(16)14(2)13-10(7)15)12-6-8-4-3-5-17-8/h3-5,12H,6H2,1-2H3,(H,13,15). The summed E-state index contributed by atoms with van der Waals surface area (Å²) in [5.74, 6) is 0. The molecule has 0 aliphatic rings. The Morgan fingerprint density at radius 2 is 2.24 bits per heavy atom. The molecule has 0 saturated heterocycles. The van der Waals surface area contributed by atoms with Crippen molar-refractivity contribution in [3.63, 3.8) is 0 Å². The number of aromatic amines is 1. The van der Waals surface area contributed by atoms with Crippen molar-refractivity contribution in [1.29, 1.82) is 0 Å². The summed E-state index contributed by atoms with van der Waals surface area (Å²) >= 11 is 1.60. The van der Waals surface area contributed by atoms with Gasteiger partial charge >= 0.3 is 0 Å². The first-order valence-electron chi connectivity index (χ1n) is 5.15. The summed E-state index contributed by atoms with van der Waals surface area (Å²) in [4.78, 5) is 24.5. The molecule has 0 radical (unpaired) electrons. The number of nitrogens with zero attached hydrogens (tertiary/aromatic N) is 1. The van der Waals surface area contributed by atoms with Crippen LogP contribution in [-0.2, 0) is 13.6 Å². The Labute approximate surface area is 102 Å². The van der Waals surface area contributed by atoms with Crippen molar-refractivity contribution in [2.75, 3.05) is 5.32 Å². The summed E-state index contributed by atoms with van der Waals surface area (Å²) in [5.41, 5.74) is 0.314. The van der Waals surface area contributed by atoms with Crippen molar-refractivity contribution in [3.8, 4) is 0 Å². The van der Waals surface area contributed by atoms with Crippen LogP contribution in [0.15, 0.2) is 27.1 Å². The van der Waals surface area contributed by atoms with Gasteiger partial charge in [0.15, 0.2) is 0 Å². The minimum atomic E-state index is -0.249. The van der Waals surface area contributed by atoms with Crippen molar-refractivity contribution < 1.29 is 0 Å². The molecule has 0 unspecified atom stereocenters. The number of rotatable bonds is 3. The van der Waals surface area contributed by atoms with E-state index < -0.39 is 0 Å². The number of H-pyrrole nitrogens is 1. The van der Waals surface area contributed by atoms with Crippen LogP contribution in [0.4, 0.5) is 5.69 Å². The molecule has 2 aromatic rings. The van der Waals surface area contributed by atoms with E-state index in [0.717, 1.165) is 4.88 Å². The molecule has 2 rings (SSSR count). The van der Waals surface area contributed by atoms with Gasteiger partial charge < -0.3 is 5.32 Å². The second-order valence-corrected chi connectivity index (χ2v) is 4.77. The van der Waals surface area contributed by atoms with E-state index in [1.807, 2.05) is 17.5 Å². The molecule has 0 spiro atoms. The van der Waals surface area contributed by atoms with Crippen molar-refractivity contribution in [2.45, 2.75) is 13.5 Å². The van der Waals surface area contributed by atoms with E-state index in [1.165, 1.54) is 11.7 Å². The minimum Gasteiger partial charge on any atom is -0.375 e. The van der Waals surface area contributed by atoms with E-state index in [9.17, 15) is 9.59 Å². The van der Waals surface area contributed by atoms with Gasteiger partial charge in [-0.15, -0.1) is 11.3 Å². The average molecular weight is 251 g/mol. The van der Waals surface area contributed by atoms with Crippen LogP contribution in [0.25, 0.3) is 0 Å². The molecule has 0 saturated carbocycles. The molecule has 90 valence electrons. The first-order chi connectivity index (χ1) is 8.09. The summed E-state index contributed by atoms with van der Waals surface area (Å²) in [6.07, 6.45) is 0. The lowest BCUT2D eigenvalue weighted by Crippen LogP contribution is -2.31. The highest BCUT2D eigenvalue weighted by atomic mass is 32.1. The molecule has 0 fully saturated rings. The fourth-order valence-corrected chi connectivity index (χ4v) is 2.17. The molecule has 0 aromatic carbocycles. The Bertz CT molecular complexity index is 625. The molecule has 0 atom stereocenters. The largest absolute Gasteiger partial charge is 0.375 e. The number of anilines is 1. The van der Waals surface area contributed by atoms with Crippen LogP contribution in [0, 0.1) is 6.92 Å². The maximum Gasteiger partial charge on any atom is 0.288 e. The van der Waals surface area contributed by atoms with Gasteiger partial charge in [-0.2, -0.15) is 0 Å². The number of thiophene rings is 1. The number of nitrogens with one attached hydrogen (secondary N) is 2. The molecule has 0 aliphatic heterocycles. The van der Waals surface area contributed by atoms with Crippen LogP contribution in [0.3, 0.4) is 0 Å².